The van der Waals surface area contributed by atoms with E-state index in [9.17, 15) is 24.9 Å². The van der Waals surface area contributed by atoms with Crippen molar-refractivity contribution in [2.24, 2.45) is 46.3 Å². The van der Waals surface area contributed by atoms with Gasteiger partial charge in [0.2, 0.25) is 11.8 Å². The fourth-order valence-corrected chi connectivity index (χ4v) is 10.5. The highest BCUT2D eigenvalue weighted by atomic mass is 16.3. The summed E-state index contributed by atoms with van der Waals surface area (Å²) in [5, 5.41) is 46.0. The molecule has 45 heavy (non-hydrogen) atoms. The lowest BCUT2D eigenvalue weighted by Crippen LogP contribution is -2.64. The maximum Gasteiger partial charge on any atom is 0.220 e. The van der Waals surface area contributed by atoms with Crippen LogP contribution < -0.4 is 21.3 Å². The highest BCUT2D eigenvalue weighted by Crippen LogP contribution is 2.68. The molecule has 4 fully saturated rings. The molecule has 0 radical (unpaired) electrons. The zero-order valence-corrected chi connectivity index (χ0v) is 28.8. The molecule has 0 spiro atoms. The number of aliphatic hydroxyl groups excluding tert-OH is 3. The van der Waals surface area contributed by atoms with Gasteiger partial charge in [-0.25, -0.2) is 0 Å². The molecule has 4 rings (SSSR count). The van der Waals surface area contributed by atoms with Crippen molar-refractivity contribution in [1.29, 1.82) is 0 Å². The number of amides is 2. The molecule has 260 valence electrons. The SMILES string of the molecule is CC(=O)NCCCNCCCCNCCCNC(=O)CC[C@@H](C)[C@H]1CC[C@H]2[C@@H]3[C@@H](O)[C@@H](O)[C@@H]4C[C@H](O)CC[C@]4(C)[C@H]3CC[C@]12C. The van der Waals surface area contributed by atoms with E-state index in [0.29, 0.717) is 43.1 Å². The summed E-state index contributed by atoms with van der Waals surface area (Å²) in [7, 11) is 0. The second kappa shape index (κ2) is 16.7. The molecule has 9 heteroatoms. The summed E-state index contributed by atoms with van der Waals surface area (Å²) < 4.78 is 0. The number of carbonyl (C=O) groups excluding carboxylic acids is 2. The lowest BCUT2D eigenvalue weighted by molar-refractivity contribution is -0.223. The van der Waals surface area contributed by atoms with Crippen LogP contribution in [-0.4, -0.2) is 84.7 Å². The van der Waals surface area contributed by atoms with Crippen molar-refractivity contribution in [3.63, 3.8) is 0 Å². The maximum atomic E-state index is 12.7. The minimum atomic E-state index is -0.745. The molecule has 4 aliphatic carbocycles. The van der Waals surface area contributed by atoms with E-state index in [1.165, 1.54) is 0 Å². The largest absolute Gasteiger partial charge is 0.393 e. The monoisotopic (exact) mass is 635 g/mol. The molecule has 4 saturated carbocycles. The number of fused-ring (bicyclic) bond motifs is 5. The van der Waals surface area contributed by atoms with Gasteiger partial charge in [0.15, 0.2) is 0 Å². The first-order valence-electron chi connectivity index (χ1n) is 18.5. The van der Waals surface area contributed by atoms with Crippen molar-refractivity contribution in [1.82, 2.24) is 21.3 Å². The van der Waals surface area contributed by atoms with Crippen LogP contribution in [0.3, 0.4) is 0 Å². The normalized spacial score (nSPS) is 38.1. The molecule has 0 aromatic rings. The van der Waals surface area contributed by atoms with Crippen molar-refractivity contribution in [3.05, 3.63) is 0 Å². The molecule has 11 atom stereocenters. The van der Waals surface area contributed by atoms with Gasteiger partial charge in [0.1, 0.15) is 0 Å². The number of unbranched alkanes of at least 4 members (excludes halogenated alkanes) is 1. The number of rotatable bonds is 17. The van der Waals surface area contributed by atoms with Gasteiger partial charge in [-0.15, -0.1) is 0 Å². The molecular weight excluding hydrogens is 568 g/mol. The van der Waals surface area contributed by atoms with E-state index in [1.54, 1.807) is 6.92 Å². The number of carbonyl (C=O) groups is 2. The van der Waals surface area contributed by atoms with Gasteiger partial charge in [-0.2, -0.15) is 0 Å². The lowest BCUT2D eigenvalue weighted by atomic mass is 9.43. The number of hydrogen-bond donors (Lipinski definition) is 7. The van der Waals surface area contributed by atoms with Crippen LogP contribution in [0.5, 0.6) is 0 Å². The van der Waals surface area contributed by atoms with Gasteiger partial charge >= 0.3 is 0 Å². The van der Waals surface area contributed by atoms with Crippen LogP contribution in [0.15, 0.2) is 0 Å². The topological polar surface area (TPSA) is 143 Å². The maximum absolute atomic E-state index is 12.7. The van der Waals surface area contributed by atoms with E-state index in [-0.39, 0.29) is 40.6 Å². The summed E-state index contributed by atoms with van der Waals surface area (Å²) in [5.74, 6) is 2.12. The fraction of sp³-hybridized carbons (Fsp3) is 0.944. The zero-order valence-electron chi connectivity index (χ0n) is 28.8. The van der Waals surface area contributed by atoms with E-state index in [2.05, 4.69) is 42.0 Å². The van der Waals surface area contributed by atoms with Crippen LogP contribution in [0.2, 0.25) is 0 Å². The van der Waals surface area contributed by atoms with E-state index in [4.69, 9.17) is 0 Å². The Morgan fingerprint density at radius 3 is 2.00 bits per heavy atom. The van der Waals surface area contributed by atoms with E-state index < -0.39 is 12.2 Å². The Balaban J connectivity index is 1.10. The molecule has 0 saturated heterocycles. The standard InChI is InChI=1S/C36H66N4O5/c1-24(9-12-31(43)40-22-8-20-38-18-6-5-17-37-19-7-21-39-25(2)41)27-10-11-28-32-29(14-16-35(27,28)3)36(4)15-13-26(42)23-30(36)33(44)34(32)45/h24,26-30,32-34,37-38,42,44-45H,5-23H2,1-4H3,(H,39,41)(H,40,43)/t24-,26-,27-,28+,29+,30+,32+,33+,34-,35-,36-/m1/s1. The van der Waals surface area contributed by atoms with Crippen molar-refractivity contribution in [2.75, 3.05) is 39.3 Å². The second-order valence-electron chi connectivity index (χ2n) is 15.8. The van der Waals surface area contributed by atoms with Gasteiger partial charge in [-0.05, 0) is 150 Å². The average Bonchev–Trinajstić information content (AvgIpc) is 3.36. The average molecular weight is 635 g/mol. The van der Waals surface area contributed by atoms with Crippen molar-refractivity contribution >= 4 is 11.8 Å². The van der Waals surface area contributed by atoms with E-state index >= 15 is 0 Å². The van der Waals surface area contributed by atoms with E-state index in [1.807, 2.05) is 0 Å². The third-order valence-electron chi connectivity index (χ3n) is 13.0. The summed E-state index contributed by atoms with van der Waals surface area (Å²) in [6.07, 6.45) is 10.7. The van der Waals surface area contributed by atoms with Gasteiger partial charge in [0, 0.05) is 26.4 Å². The second-order valence-corrected chi connectivity index (χ2v) is 15.8. The van der Waals surface area contributed by atoms with Gasteiger partial charge in [0.05, 0.1) is 18.3 Å². The third-order valence-corrected chi connectivity index (χ3v) is 13.0. The Kier molecular flexibility index (Phi) is 13.6. The first-order chi connectivity index (χ1) is 21.5. The Morgan fingerprint density at radius 2 is 1.33 bits per heavy atom. The predicted octanol–water partition coefficient (Wildman–Crippen LogP) is 3.36. The summed E-state index contributed by atoms with van der Waals surface area (Å²) in [6, 6.07) is 0. The molecule has 0 aromatic carbocycles. The Bertz CT molecular complexity index is 952. The smallest absolute Gasteiger partial charge is 0.220 e. The molecular formula is C36H66N4O5. The molecule has 4 aliphatic rings. The van der Waals surface area contributed by atoms with Gasteiger partial charge in [-0.1, -0.05) is 20.8 Å². The van der Waals surface area contributed by atoms with Crippen LogP contribution in [0, 0.1) is 46.3 Å². The molecule has 0 aromatic heterocycles. The van der Waals surface area contributed by atoms with Crippen molar-refractivity contribution < 1.29 is 24.9 Å². The van der Waals surface area contributed by atoms with Gasteiger partial charge in [0.25, 0.3) is 0 Å². The van der Waals surface area contributed by atoms with Crippen LogP contribution in [0.25, 0.3) is 0 Å². The van der Waals surface area contributed by atoms with Crippen LogP contribution in [0.1, 0.15) is 111 Å². The Morgan fingerprint density at radius 1 is 0.733 bits per heavy atom. The number of nitrogens with one attached hydrogen (secondary N) is 4. The Hall–Kier alpha value is -1.26. The first-order valence-corrected chi connectivity index (χ1v) is 18.5. The molecule has 7 N–H and O–H groups in total. The van der Waals surface area contributed by atoms with Crippen LogP contribution in [0.4, 0.5) is 0 Å². The van der Waals surface area contributed by atoms with Crippen molar-refractivity contribution in [3.8, 4) is 0 Å². The minimum absolute atomic E-state index is 0.00465. The fourth-order valence-electron chi connectivity index (χ4n) is 10.5. The van der Waals surface area contributed by atoms with Crippen LogP contribution >= 0.6 is 0 Å². The van der Waals surface area contributed by atoms with Gasteiger partial charge in [-0.3, -0.25) is 9.59 Å². The Labute approximate surface area is 272 Å². The van der Waals surface area contributed by atoms with Crippen LogP contribution in [-0.2, 0) is 9.59 Å². The molecule has 0 bridgehead atoms. The quantitative estimate of drug-likeness (QED) is 0.122. The highest BCUT2D eigenvalue weighted by molar-refractivity contribution is 5.75. The first kappa shape index (κ1) is 36.6. The van der Waals surface area contributed by atoms with Gasteiger partial charge < -0.3 is 36.6 Å². The molecule has 2 amide bonds. The number of hydrogen-bond acceptors (Lipinski definition) is 7. The summed E-state index contributed by atoms with van der Waals surface area (Å²) in [5.41, 5.74) is 0.139. The highest BCUT2D eigenvalue weighted by Gasteiger charge is 2.65. The predicted molar refractivity (Wildman–Crippen MR) is 178 cm³/mol. The number of aliphatic hydroxyl groups is 3. The molecule has 0 unspecified atom stereocenters. The van der Waals surface area contributed by atoms with E-state index in [0.717, 1.165) is 103 Å². The summed E-state index contributed by atoms with van der Waals surface area (Å²) in [4.78, 5) is 23.5. The molecule has 0 heterocycles. The summed E-state index contributed by atoms with van der Waals surface area (Å²) >= 11 is 0. The zero-order chi connectivity index (χ0) is 32.6. The molecule has 9 nitrogen and oxygen atoms in total. The minimum Gasteiger partial charge on any atom is -0.393 e. The third kappa shape index (κ3) is 8.81. The molecule has 0 aliphatic heterocycles. The lowest BCUT2D eigenvalue weighted by Gasteiger charge is -2.63. The van der Waals surface area contributed by atoms with Crippen molar-refractivity contribution in [2.45, 2.75) is 129 Å². The summed E-state index contributed by atoms with van der Waals surface area (Å²) in [6.45, 7) is 13.9.